The molecule has 1 N–H and O–H groups in total. The van der Waals surface area contributed by atoms with Gasteiger partial charge in [-0.25, -0.2) is 0 Å². The highest BCUT2D eigenvalue weighted by Gasteiger charge is 2.15. The van der Waals surface area contributed by atoms with Crippen LogP contribution in [0.5, 0.6) is 0 Å². The minimum atomic E-state index is 0.891. The van der Waals surface area contributed by atoms with Crippen LogP contribution in [-0.4, -0.2) is 13.6 Å². The van der Waals surface area contributed by atoms with Crippen LogP contribution in [-0.2, 0) is 13.0 Å². The smallest absolute Gasteiger partial charge is 0.0402 e. The molecule has 3 rings (SSSR count). The van der Waals surface area contributed by atoms with E-state index in [9.17, 15) is 0 Å². The van der Waals surface area contributed by atoms with E-state index in [1.165, 1.54) is 45.6 Å². The van der Waals surface area contributed by atoms with Gasteiger partial charge in [0.05, 0.1) is 0 Å². The summed E-state index contributed by atoms with van der Waals surface area (Å²) in [5.41, 5.74) is 9.50. The van der Waals surface area contributed by atoms with Crippen molar-refractivity contribution in [2.24, 2.45) is 0 Å². The second kappa shape index (κ2) is 5.44. The number of rotatable bonds is 3. The Hall–Kier alpha value is -1.96. The van der Waals surface area contributed by atoms with Gasteiger partial charge in [0.25, 0.3) is 0 Å². The average Bonchev–Trinajstić information content (AvgIpc) is 2.79. The van der Waals surface area contributed by atoms with Crippen LogP contribution in [0.3, 0.4) is 0 Å². The highest BCUT2D eigenvalue weighted by molar-refractivity contribution is 5.60. The number of nitrogens with zero attached hydrogens (tertiary/aromatic N) is 1. The quantitative estimate of drug-likeness (QED) is 0.905. The molecule has 2 aromatic carbocycles. The molecule has 0 saturated heterocycles. The zero-order valence-corrected chi connectivity index (χ0v) is 13.5. The second-order valence-electron chi connectivity index (χ2n) is 6.26. The van der Waals surface area contributed by atoms with Crippen molar-refractivity contribution < 1.29 is 0 Å². The third-order valence-corrected chi connectivity index (χ3v) is 4.42. The van der Waals surface area contributed by atoms with Gasteiger partial charge in [-0.2, -0.15) is 0 Å². The Kier molecular flexibility index (Phi) is 3.62. The number of anilines is 2. The molecular formula is C19H24N2. The predicted octanol–water partition coefficient (Wildman–Crippen LogP) is 4.22. The van der Waals surface area contributed by atoms with E-state index < -0.39 is 0 Å². The Morgan fingerprint density at radius 3 is 2.48 bits per heavy atom. The molecule has 1 aliphatic rings. The molecule has 1 aliphatic heterocycles. The molecule has 110 valence electrons. The summed E-state index contributed by atoms with van der Waals surface area (Å²) in [6, 6.07) is 11.3. The van der Waals surface area contributed by atoms with Gasteiger partial charge < -0.3 is 10.2 Å². The Morgan fingerprint density at radius 1 is 1.05 bits per heavy atom. The lowest BCUT2D eigenvalue weighted by atomic mass is 10.0. The first-order valence-electron chi connectivity index (χ1n) is 7.69. The minimum Gasteiger partial charge on any atom is -0.381 e. The maximum Gasteiger partial charge on any atom is 0.0402 e. The first-order chi connectivity index (χ1) is 10.0. The highest BCUT2D eigenvalue weighted by Crippen LogP contribution is 2.28. The van der Waals surface area contributed by atoms with Crippen LogP contribution >= 0.6 is 0 Å². The molecule has 2 aromatic rings. The van der Waals surface area contributed by atoms with Crippen molar-refractivity contribution in [2.45, 2.75) is 33.7 Å². The van der Waals surface area contributed by atoms with Crippen LogP contribution in [0.25, 0.3) is 0 Å². The SMILES string of the molecule is Cc1cc(C)c(NCc2ccc3c(c2)CCN3C)c(C)c1. The zero-order valence-electron chi connectivity index (χ0n) is 13.5. The van der Waals surface area contributed by atoms with Crippen LogP contribution in [0.1, 0.15) is 27.8 Å². The van der Waals surface area contributed by atoms with Crippen molar-refractivity contribution in [1.82, 2.24) is 0 Å². The van der Waals surface area contributed by atoms with E-state index in [0.29, 0.717) is 0 Å². The van der Waals surface area contributed by atoms with E-state index in [2.05, 4.69) is 68.4 Å². The highest BCUT2D eigenvalue weighted by atomic mass is 15.1. The van der Waals surface area contributed by atoms with E-state index >= 15 is 0 Å². The first kappa shape index (κ1) is 14.0. The first-order valence-corrected chi connectivity index (χ1v) is 7.69. The molecule has 0 unspecified atom stereocenters. The van der Waals surface area contributed by atoms with Crippen molar-refractivity contribution in [1.29, 1.82) is 0 Å². The summed E-state index contributed by atoms with van der Waals surface area (Å²) in [6.45, 7) is 8.55. The number of hydrogen-bond donors (Lipinski definition) is 1. The summed E-state index contributed by atoms with van der Waals surface area (Å²) in [6.07, 6.45) is 1.17. The molecule has 0 bridgehead atoms. The molecule has 2 heteroatoms. The molecule has 21 heavy (non-hydrogen) atoms. The van der Waals surface area contributed by atoms with Crippen LogP contribution < -0.4 is 10.2 Å². The molecule has 0 aliphatic carbocycles. The maximum absolute atomic E-state index is 3.61. The van der Waals surface area contributed by atoms with Gasteiger partial charge in [-0.3, -0.25) is 0 Å². The Balaban J connectivity index is 1.77. The zero-order chi connectivity index (χ0) is 15.0. The molecular weight excluding hydrogens is 256 g/mol. The van der Waals surface area contributed by atoms with Crippen molar-refractivity contribution in [3.8, 4) is 0 Å². The summed E-state index contributed by atoms with van der Waals surface area (Å²) in [7, 11) is 2.17. The standard InChI is InChI=1S/C19H24N2/c1-13-9-14(2)19(15(3)10-13)20-12-16-5-6-18-17(11-16)7-8-21(18)4/h5-6,9-11,20H,7-8,12H2,1-4H3. The lowest BCUT2D eigenvalue weighted by Gasteiger charge is -2.15. The van der Waals surface area contributed by atoms with Gasteiger partial charge in [0.15, 0.2) is 0 Å². The average molecular weight is 280 g/mol. The fraction of sp³-hybridized carbons (Fsp3) is 0.368. The molecule has 0 spiro atoms. The maximum atomic E-state index is 3.61. The van der Waals surface area contributed by atoms with Crippen LogP contribution in [0, 0.1) is 20.8 Å². The summed E-state index contributed by atoms with van der Waals surface area (Å²) in [5.74, 6) is 0. The van der Waals surface area contributed by atoms with Gasteiger partial charge in [-0.15, -0.1) is 0 Å². The second-order valence-corrected chi connectivity index (χ2v) is 6.26. The molecule has 2 nitrogen and oxygen atoms in total. The summed E-state index contributed by atoms with van der Waals surface area (Å²) in [4.78, 5) is 2.33. The van der Waals surface area contributed by atoms with Gasteiger partial charge >= 0.3 is 0 Å². The van der Waals surface area contributed by atoms with Crippen molar-refractivity contribution in [2.75, 3.05) is 23.8 Å². The molecule has 0 aromatic heterocycles. The summed E-state index contributed by atoms with van der Waals surface area (Å²) >= 11 is 0. The van der Waals surface area contributed by atoms with Gasteiger partial charge in [0.2, 0.25) is 0 Å². The van der Waals surface area contributed by atoms with Gasteiger partial charge in [-0.05, 0) is 55.5 Å². The van der Waals surface area contributed by atoms with Gasteiger partial charge in [-0.1, -0.05) is 29.8 Å². The Bertz CT molecular complexity index is 650. The predicted molar refractivity (Wildman–Crippen MR) is 91.4 cm³/mol. The number of aryl methyl sites for hydroxylation is 3. The topological polar surface area (TPSA) is 15.3 Å². The number of hydrogen-bond acceptors (Lipinski definition) is 2. The molecule has 0 radical (unpaired) electrons. The number of likely N-dealkylation sites (N-methyl/N-ethyl adjacent to an activating group) is 1. The van der Waals surface area contributed by atoms with Crippen LogP contribution in [0.15, 0.2) is 30.3 Å². The Labute approximate surface area is 127 Å². The summed E-state index contributed by atoms with van der Waals surface area (Å²) in [5, 5.41) is 3.61. The van der Waals surface area contributed by atoms with Gasteiger partial charge in [0.1, 0.15) is 0 Å². The monoisotopic (exact) mass is 280 g/mol. The van der Waals surface area contributed by atoms with Crippen molar-refractivity contribution >= 4 is 11.4 Å². The van der Waals surface area contributed by atoms with E-state index in [1.54, 1.807) is 0 Å². The van der Waals surface area contributed by atoms with E-state index in [1.807, 2.05) is 0 Å². The third-order valence-electron chi connectivity index (χ3n) is 4.42. The fourth-order valence-corrected chi connectivity index (χ4v) is 3.38. The number of fused-ring (bicyclic) bond motifs is 1. The van der Waals surface area contributed by atoms with E-state index in [-0.39, 0.29) is 0 Å². The molecule has 0 fully saturated rings. The minimum absolute atomic E-state index is 0.891. The fourth-order valence-electron chi connectivity index (χ4n) is 3.38. The van der Waals surface area contributed by atoms with Crippen molar-refractivity contribution in [3.05, 3.63) is 58.1 Å². The van der Waals surface area contributed by atoms with Crippen LogP contribution in [0.2, 0.25) is 0 Å². The Morgan fingerprint density at radius 2 is 1.76 bits per heavy atom. The lowest BCUT2D eigenvalue weighted by Crippen LogP contribution is -2.12. The third kappa shape index (κ3) is 2.76. The van der Waals surface area contributed by atoms with E-state index in [0.717, 1.165) is 13.1 Å². The normalized spacial score (nSPS) is 13.4. The summed E-state index contributed by atoms with van der Waals surface area (Å²) < 4.78 is 0. The lowest BCUT2D eigenvalue weighted by molar-refractivity contribution is 0.955. The van der Waals surface area contributed by atoms with Crippen LogP contribution in [0.4, 0.5) is 11.4 Å². The molecule has 0 saturated carbocycles. The van der Waals surface area contributed by atoms with E-state index in [4.69, 9.17) is 0 Å². The molecule has 1 heterocycles. The number of benzene rings is 2. The molecule has 0 atom stereocenters. The number of nitrogens with one attached hydrogen (secondary N) is 1. The van der Waals surface area contributed by atoms with Gasteiger partial charge in [0, 0.05) is 31.5 Å². The van der Waals surface area contributed by atoms with Crippen molar-refractivity contribution in [3.63, 3.8) is 0 Å². The largest absolute Gasteiger partial charge is 0.381 e. The molecule has 0 amide bonds.